The van der Waals surface area contributed by atoms with E-state index in [9.17, 15) is 18.0 Å². The number of anilines is 1. The third-order valence-electron chi connectivity index (χ3n) is 7.20. The summed E-state index contributed by atoms with van der Waals surface area (Å²) in [5.41, 5.74) is 1.61. The van der Waals surface area contributed by atoms with Crippen LogP contribution in [0.5, 0.6) is 0 Å². The molecule has 2 bridgehead atoms. The van der Waals surface area contributed by atoms with E-state index >= 15 is 0 Å². The third-order valence-corrected chi connectivity index (χ3v) is 9.11. The lowest BCUT2D eigenvalue weighted by Crippen LogP contribution is -2.34. The van der Waals surface area contributed by atoms with Crippen LogP contribution in [0, 0.1) is 30.6 Å². The molecular weight excluding hydrogens is 388 g/mol. The highest BCUT2D eigenvalue weighted by Gasteiger charge is 2.78. The highest BCUT2D eigenvalue weighted by atomic mass is 32.2. The van der Waals surface area contributed by atoms with Gasteiger partial charge in [0.05, 0.1) is 22.4 Å². The molecule has 0 radical (unpaired) electrons. The van der Waals surface area contributed by atoms with Gasteiger partial charge in [-0.25, -0.2) is 8.42 Å². The fourth-order valence-corrected chi connectivity index (χ4v) is 7.91. The molecule has 0 aromatic heterocycles. The first-order valence-corrected chi connectivity index (χ1v) is 11.4. The number of piperidine rings is 1. The number of nitrogens with zero attached hydrogens (tertiary/aromatic N) is 2. The van der Waals surface area contributed by atoms with Crippen molar-refractivity contribution in [1.82, 2.24) is 4.31 Å². The monoisotopic (exact) mass is 408 g/mol. The van der Waals surface area contributed by atoms with Crippen LogP contribution in [-0.4, -0.2) is 36.6 Å². The molecule has 29 heavy (non-hydrogen) atoms. The van der Waals surface area contributed by atoms with Gasteiger partial charge in [-0.1, -0.05) is 35.9 Å². The molecule has 2 aliphatic heterocycles. The molecule has 6 nitrogen and oxygen atoms in total. The van der Waals surface area contributed by atoms with Crippen molar-refractivity contribution in [3.63, 3.8) is 0 Å². The lowest BCUT2D eigenvalue weighted by Gasteiger charge is -2.20. The number of fused-ring (bicyclic) bond motifs is 8. The first-order chi connectivity index (χ1) is 13.9. The van der Waals surface area contributed by atoms with Gasteiger partial charge in [0.25, 0.3) is 0 Å². The number of amides is 2. The predicted molar refractivity (Wildman–Crippen MR) is 105 cm³/mol. The van der Waals surface area contributed by atoms with E-state index in [1.807, 2.05) is 25.1 Å². The standard InChI is InChI=1S/C22H20N2O4S/c1-12-7-9-14(10-8-12)29(27,28)24-19-15-11-16(20(19)24)18-17(15)21(25)23(22(18)26)13-5-3-2-4-6-13/h2-10,15-20H,11H2,1H3/t15?,16?,17-,18+,19-,20+,24?. The zero-order valence-corrected chi connectivity index (χ0v) is 16.6. The smallest absolute Gasteiger partial charge is 0.243 e. The molecule has 0 N–H and O–H groups in total. The summed E-state index contributed by atoms with van der Waals surface area (Å²) in [7, 11) is -3.60. The molecule has 7 heteroatoms. The molecule has 3 unspecified atom stereocenters. The van der Waals surface area contributed by atoms with Crippen LogP contribution in [0.15, 0.2) is 59.5 Å². The minimum atomic E-state index is -3.60. The van der Waals surface area contributed by atoms with Crippen LogP contribution in [0.2, 0.25) is 0 Å². The van der Waals surface area contributed by atoms with E-state index in [1.165, 1.54) is 4.90 Å². The molecule has 0 spiro atoms. The van der Waals surface area contributed by atoms with Gasteiger partial charge in [-0.2, -0.15) is 4.31 Å². The van der Waals surface area contributed by atoms with Gasteiger partial charge in [-0.3, -0.25) is 14.5 Å². The predicted octanol–water partition coefficient (Wildman–Crippen LogP) is 2.19. The largest absolute Gasteiger partial charge is 0.274 e. The zero-order chi connectivity index (χ0) is 20.1. The van der Waals surface area contributed by atoms with Crippen LogP contribution in [0.3, 0.4) is 0 Å². The van der Waals surface area contributed by atoms with Crippen molar-refractivity contribution in [1.29, 1.82) is 0 Å². The lowest BCUT2D eigenvalue weighted by molar-refractivity contribution is -0.123. The van der Waals surface area contributed by atoms with Gasteiger partial charge in [0.1, 0.15) is 0 Å². The number of carbonyl (C=O) groups is 2. The maximum absolute atomic E-state index is 13.2. The molecule has 2 aromatic carbocycles. The van der Waals surface area contributed by atoms with Crippen LogP contribution < -0.4 is 4.90 Å². The van der Waals surface area contributed by atoms with Crippen LogP contribution in [-0.2, 0) is 19.6 Å². The van der Waals surface area contributed by atoms with Crippen LogP contribution >= 0.6 is 0 Å². The van der Waals surface area contributed by atoms with Crippen LogP contribution in [0.1, 0.15) is 12.0 Å². The lowest BCUT2D eigenvalue weighted by atomic mass is 9.81. The molecule has 148 valence electrons. The molecule has 2 aromatic rings. The quantitative estimate of drug-likeness (QED) is 0.576. The Bertz CT molecular complexity index is 1110. The van der Waals surface area contributed by atoms with Crippen molar-refractivity contribution < 1.29 is 18.0 Å². The molecule has 6 rings (SSSR count). The highest BCUT2D eigenvalue weighted by Crippen LogP contribution is 2.66. The normalized spacial score (nSPS) is 37.0. The molecule has 2 amide bonds. The summed E-state index contributed by atoms with van der Waals surface area (Å²) in [6.07, 6.45) is 0.769. The molecule has 2 saturated carbocycles. The number of benzene rings is 2. The first kappa shape index (κ1) is 17.4. The van der Waals surface area contributed by atoms with Crippen molar-refractivity contribution in [2.45, 2.75) is 30.3 Å². The summed E-state index contributed by atoms with van der Waals surface area (Å²) in [4.78, 5) is 27.9. The van der Waals surface area contributed by atoms with E-state index in [-0.39, 0.29) is 40.6 Å². The Hall–Kier alpha value is -2.51. The van der Waals surface area contributed by atoms with Crippen molar-refractivity contribution in [3.8, 4) is 0 Å². The van der Waals surface area contributed by atoms with Gasteiger partial charge in [0.15, 0.2) is 0 Å². The summed E-state index contributed by atoms with van der Waals surface area (Å²) in [6.45, 7) is 1.92. The number of carbonyl (C=O) groups excluding carboxylic acids is 2. The Labute approximate surface area is 169 Å². The maximum Gasteiger partial charge on any atom is 0.243 e. The summed E-state index contributed by atoms with van der Waals surface area (Å²) >= 11 is 0. The van der Waals surface area contributed by atoms with E-state index in [4.69, 9.17) is 0 Å². The summed E-state index contributed by atoms with van der Waals surface area (Å²) in [5, 5.41) is 0. The number of aryl methyl sites for hydroxylation is 1. The SMILES string of the molecule is Cc1ccc(S(=O)(=O)N2[C@@H]3C4CC([C@@H]5C(=O)N(c6ccccc6)C(=O)[C@H]45)[C@@H]32)cc1. The van der Waals surface area contributed by atoms with E-state index in [0.29, 0.717) is 5.69 Å². The molecule has 4 aliphatic rings. The molecular formula is C22H20N2O4S. The van der Waals surface area contributed by atoms with Crippen molar-refractivity contribution in [3.05, 3.63) is 60.2 Å². The van der Waals surface area contributed by atoms with Crippen molar-refractivity contribution >= 4 is 27.5 Å². The van der Waals surface area contributed by atoms with Gasteiger partial charge < -0.3 is 0 Å². The fraction of sp³-hybridized carbons (Fsp3) is 0.364. The molecule has 7 atom stereocenters. The Morgan fingerprint density at radius 2 is 1.38 bits per heavy atom. The average molecular weight is 408 g/mol. The Morgan fingerprint density at radius 1 is 0.828 bits per heavy atom. The van der Waals surface area contributed by atoms with E-state index in [2.05, 4.69) is 0 Å². The van der Waals surface area contributed by atoms with E-state index in [0.717, 1.165) is 12.0 Å². The zero-order valence-electron chi connectivity index (χ0n) is 15.8. The Morgan fingerprint density at radius 3 is 1.93 bits per heavy atom. The number of hydrogen-bond donors (Lipinski definition) is 0. The minimum Gasteiger partial charge on any atom is -0.274 e. The molecule has 2 heterocycles. The first-order valence-electron chi connectivity index (χ1n) is 9.94. The fourth-order valence-electron chi connectivity index (χ4n) is 6.04. The molecule has 4 fully saturated rings. The summed E-state index contributed by atoms with van der Waals surface area (Å²) in [5.74, 6) is -1.27. The topological polar surface area (TPSA) is 74.5 Å². The van der Waals surface area contributed by atoms with Gasteiger partial charge in [0.2, 0.25) is 21.8 Å². The maximum atomic E-state index is 13.2. The number of hydrogen-bond acceptors (Lipinski definition) is 4. The van der Waals surface area contributed by atoms with Gasteiger partial charge in [-0.15, -0.1) is 0 Å². The van der Waals surface area contributed by atoms with E-state index < -0.39 is 21.9 Å². The Balaban J connectivity index is 1.32. The second-order valence-electron chi connectivity index (χ2n) is 8.59. The second-order valence-corrected chi connectivity index (χ2v) is 10.4. The summed E-state index contributed by atoms with van der Waals surface area (Å²) < 4.78 is 27.9. The molecule has 2 aliphatic carbocycles. The third kappa shape index (κ3) is 2.12. The number of rotatable bonds is 3. The highest BCUT2D eigenvalue weighted by molar-refractivity contribution is 7.89. The minimum absolute atomic E-state index is 0.0691. The second kappa shape index (κ2) is 5.55. The van der Waals surface area contributed by atoms with Gasteiger partial charge in [-0.05, 0) is 49.4 Å². The van der Waals surface area contributed by atoms with Crippen molar-refractivity contribution in [2.24, 2.45) is 23.7 Å². The number of sulfonamides is 1. The van der Waals surface area contributed by atoms with Gasteiger partial charge >= 0.3 is 0 Å². The van der Waals surface area contributed by atoms with Crippen molar-refractivity contribution in [2.75, 3.05) is 4.90 Å². The van der Waals surface area contributed by atoms with E-state index in [1.54, 1.807) is 40.7 Å². The van der Waals surface area contributed by atoms with Gasteiger partial charge in [0, 0.05) is 12.1 Å². The number of para-hydroxylation sites is 1. The number of imide groups is 1. The average Bonchev–Trinajstić information content (AvgIpc) is 3.10. The molecule has 2 saturated heterocycles. The summed E-state index contributed by atoms with van der Waals surface area (Å²) in [6, 6.07) is 15.6. The van der Waals surface area contributed by atoms with Crippen LogP contribution in [0.4, 0.5) is 5.69 Å². The van der Waals surface area contributed by atoms with Crippen LogP contribution in [0.25, 0.3) is 0 Å². The Kier molecular flexibility index (Phi) is 3.32.